The maximum Gasteiger partial charge on any atom is 0.205 e. The number of pyridine rings is 2. The van der Waals surface area contributed by atoms with Crippen LogP contribution in [0.15, 0.2) is 79.1 Å². The number of benzene rings is 2. The fourth-order valence-electron chi connectivity index (χ4n) is 5.43. The van der Waals surface area contributed by atoms with Gasteiger partial charge in [-0.05, 0) is 65.9 Å². The van der Waals surface area contributed by atoms with E-state index in [1.165, 1.54) is 0 Å². The van der Waals surface area contributed by atoms with Crippen LogP contribution in [-0.4, -0.2) is 53.4 Å². The Morgan fingerprint density at radius 2 is 1.55 bits per heavy atom. The van der Waals surface area contributed by atoms with Crippen LogP contribution in [0.2, 0.25) is 0 Å². The third-order valence-electron chi connectivity index (χ3n) is 7.55. The average molecular weight is 589 g/mol. The zero-order valence-electron chi connectivity index (χ0n) is 25.3. The number of fused-ring (bicyclic) bond motifs is 1. The third-order valence-corrected chi connectivity index (χ3v) is 7.55. The van der Waals surface area contributed by atoms with Crippen molar-refractivity contribution in [2.45, 2.75) is 52.9 Å². The summed E-state index contributed by atoms with van der Waals surface area (Å²) in [6.07, 6.45) is 5.96. The molecule has 0 bridgehead atoms. The van der Waals surface area contributed by atoms with Crippen molar-refractivity contribution in [2.24, 2.45) is 0 Å². The summed E-state index contributed by atoms with van der Waals surface area (Å²) in [6.45, 7) is 7.77. The Bertz CT molecular complexity index is 1800. The molecule has 2 aromatic carbocycles. The summed E-state index contributed by atoms with van der Waals surface area (Å²) >= 11 is 0. The van der Waals surface area contributed by atoms with Crippen molar-refractivity contribution < 1.29 is 9.47 Å². The number of hydrogen-bond donors (Lipinski definition) is 1. The van der Waals surface area contributed by atoms with Gasteiger partial charge >= 0.3 is 0 Å². The number of hydrogen-bond acceptors (Lipinski definition) is 8. The molecule has 0 aliphatic rings. The quantitative estimate of drug-likeness (QED) is 0.146. The number of ether oxygens (including phenoxy) is 2. The number of imidazole rings is 1. The number of rotatable bonds is 13. The zero-order valence-corrected chi connectivity index (χ0v) is 25.3. The van der Waals surface area contributed by atoms with E-state index in [9.17, 15) is 0 Å². The molecule has 0 amide bonds. The van der Waals surface area contributed by atoms with Crippen LogP contribution < -0.4 is 0 Å². The molecule has 10 heteroatoms. The third kappa shape index (κ3) is 6.13. The largest absolute Gasteiger partial charge is 0.347 e. The molecule has 1 N–H and O–H groups in total. The molecule has 44 heavy (non-hydrogen) atoms. The van der Waals surface area contributed by atoms with Gasteiger partial charge in [0.15, 0.2) is 5.65 Å². The van der Waals surface area contributed by atoms with Crippen LogP contribution in [0.5, 0.6) is 0 Å². The van der Waals surface area contributed by atoms with Gasteiger partial charge in [-0.3, -0.25) is 4.98 Å². The lowest BCUT2D eigenvalue weighted by Crippen LogP contribution is -2.13. The van der Waals surface area contributed by atoms with Crippen LogP contribution in [0, 0.1) is 0 Å². The molecule has 6 rings (SSSR count). The van der Waals surface area contributed by atoms with Crippen molar-refractivity contribution >= 4 is 11.2 Å². The molecule has 0 aliphatic heterocycles. The topological polar surface area (TPSA) is 117 Å². The van der Waals surface area contributed by atoms with Gasteiger partial charge in [0.1, 0.15) is 17.0 Å². The standard InChI is InChI=1S/C34H36N8O2/c1-4-7-12-30-36-29-21-28(25-17-19-35-20-18-25)31(34(43-5-2)44-6-3)37-33(29)42(30)22-23-13-15-24(16-14-23)26-10-8-9-11-27(26)32-38-40-41-39-32/h8-11,13-21,34H,4-7,12,22H2,1-3H3,(H,38,39,40,41). The molecule has 10 nitrogen and oxygen atoms in total. The van der Waals surface area contributed by atoms with Crippen molar-refractivity contribution in [3.63, 3.8) is 0 Å². The maximum atomic E-state index is 6.06. The van der Waals surface area contributed by atoms with Gasteiger partial charge < -0.3 is 14.0 Å². The second-order valence-corrected chi connectivity index (χ2v) is 10.4. The van der Waals surface area contributed by atoms with Gasteiger partial charge in [0, 0.05) is 43.2 Å². The molecule has 0 unspecified atom stereocenters. The summed E-state index contributed by atoms with van der Waals surface area (Å²) in [6, 6.07) is 22.8. The second-order valence-electron chi connectivity index (χ2n) is 10.4. The minimum atomic E-state index is -0.599. The monoisotopic (exact) mass is 588 g/mol. The number of tetrazole rings is 1. The van der Waals surface area contributed by atoms with Crippen LogP contribution in [-0.2, 0) is 22.4 Å². The van der Waals surface area contributed by atoms with Gasteiger partial charge in [0.2, 0.25) is 12.1 Å². The zero-order chi connectivity index (χ0) is 30.3. The summed E-state index contributed by atoms with van der Waals surface area (Å²) in [5, 5.41) is 14.7. The van der Waals surface area contributed by atoms with Crippen LogP contribution in [0.3, 0.4) is 0 Å². The van der Waals surface area contributed by atoms with E-state index in [4.69, 9.17) is 19.4 Å². The molecule has 0 spiro atoms. The fraction of sp³-hybridized carbons (Fsp3) is 0.294. The molecule has 0 saturated heterocycles. The van der Waals surface area contributed by atoms with E-state index < -0.39 is 6.29 Å². The van der Waals surface area contributed by atoms with Crippen molar-refractivity contribution in [1.82, 2.24) is 40.1 Å². The Labute approximate surface area is 256 Å². The normalized spacial score (nSPS) is 11.5. The van der Waals surface area contributed by atoms with Crippen LogP contribution in [0.25, 0.3) is 44.8 Å². The lowest BCUT2D eigenvalue weighted by molar-refractivity contribution is -0.142. The number of H-pyrrole nitrogens is 1. The Hall–Kier alpha value is -4.80. The van der Waals surface area contributed by atoms with Gasteiger partial charge in [-0.1, -0.05) is 61.9 Å². The molecule has 224 valence electrons. The van der Waals surface area contributed by atoms with Crippen LogP contribution in [0.4, 0.5) is 0 Å². The van der Waals surface area contributed by atoms with Gasteiger partial charge in [0.25, 0.3) is 0 Å². The predicted octanol–water partition coefficient (Wildman–Crippen LogP) is 6.80. The Morgan fingerprint density at radius 1 is 0.818 bits per heavy atom. The summed E-state index contributed by atoms with van der Waals surface area (Å²) in [5.74, 6) is 1.59. The first kappa shape index (κ1) is 29.3. The van der Waals surface area contributed by atoms with E-state index in [-0.39, 0.29) is 0 Å². The number of unbranched alkanes of at least 4 members (excludes halogenated alkanes) is 1. The molecular weight excluding hydrogens is 552 g/mol. The van der Waals surface area contributed by atoms with Gasteiger partial charge in [-0.2, -0.15) is 5.21 Å². The lowest BCUT2D eigenvalue weighted by atomic mass is 9.98. The first-order valence-corrected chi connectivity index (χ1v) is 15.2. The SMILES string of the molecule is CCCCc1nc2cc(-c3ccncc3)c(C(OCC)OCC)nc2n1Cc1ccc(-c2ccccc2-c2nn[nH]n2)cc1. The summed E-state index contributed by atoms with van der Waals surface area (Å²) in [4.78, 5) is 14.5. The average Bonchev–Trinajstić information content (AvgIpc) is 3.72. The highest BCUT2D eigenvalue weighted by Gasteiger charge is 2.23. The van der Waals surface area contributed by atoms with E-state index in [0.29, 0.717) is 25.6 Å². The van der Waals surface area contributed by atoms with E-state index in [2.05, 4.69) is 73.5 Å². The molecular formula is C34H36N8O2. The van der Waals surface area contributed by atoms with Crippen LogP contribution >= 0.6 is 0 Å². The summed E-state index contributed by atoms with van der Waals surface area (Å²) in [5.41, 5.74) is 8.54. The number of aromatic amines is 1. The number of nitrogens with zero attached hydrogens (tertiary/aromatic N) is 7. The molecule has 0 aliphatic carbocycles. The highest BCUT2D eigenvalue weighted by atomic mass is 16.7. The Morgan fingerprint density at radius 3 is 2.23 bits per heavy atom. The molecule has 4 aromatic heterocycles. The van der Waals surface area contributed by atoms with Gasteiger partial charge in [0.05, 0.1) is 6.54 Å². The number of nitrogens with one attached hydrogen (secondary N) is 1. The van der Waals surface area contributed by atoms with Gasteiger partial charge in [-0.15, -0.1) is 10.2 Å². The summed E-state index contributed by atoms with van der Waals surface area (Å²) < 4.78 is 14.4. The highest BCUT2D eigenvalue weighted by Crippen LogP contribution is 2.34. The van der Waals surface area contributed by atoms with E-state index in [1.54, 1.807) is 12.4 Å². The first-order valence-electron chi connectivity index (χ1n) is 15.2. The molecule has 0 radical (unpaired) electrons. The van der Waals surface area contributed by atoms with Crippen LogP contribution in [0.1, 0.15) is 57.0 Å². The molecule has 0 saturated carbocycles. The van der Waals surface area contributed by atoms with Crippen molar-refractivity contribution in [2.75, 3.05) is 13.2 Å². The van der Waals surface area contributed by atoms with E-state index in [0.717, 1.165) is 75.3 Å². The van der Waals surface area contributed by atoms with Crippen molar-refractivity contribution in [1.29, 1.82) is 0 Å². The maximum absolute atomic E-state index is 6.06. The molecule has 4 heterocycles. The minimum absolute atomic E-state index is 0.503. The summed E-state index contributed by atoms with van der Waals surface area (Å²) in [7, 11) is 0. The van der Waals surface area contributed by atoms with E-state index >= 15 is 0 Å². The minimum Gasteiger partial charge on any atom is -0.347 e. The smallest absolute Gasteiger partial charge is 0.205 e. The first-order chi connectivity index (χ1) is 21.7. The number of aromatic nitrogens is 8. The van der Waals surface area contributed by atoms with Crippen molar-refractivity contribution in [3.8, 4) is 33.6 Å². The molecule has 0 atom stereocenters. The Kier molecular flexibility index (Phi) is 9.09. The van der Waals surface area contributed by atoms with Crippen molar-refractivity contribution in [3.05, 3.63) is 96.2 Å². The fourth-order valence-corrected chi connectivity index (χ4v) is 5.43. The second kappa shape index (κ2) is 13.7. The molecule has 6 aromatic rings. The van der Waals surface area contributed by atoms with Gasteiger partial charge in [-0.25, -0.2) is 9.97 Å². The number of aryl methyl sites for hydroxylation is 1. The highest BCUT2D eigenvalue weighted by molar-refractivity contribution is 5.82. The molecule has 0 fully saturated rings. The Balaban J connectivity index is 1.41. The predicted molar refractivity (Wildman–Crippen MR) is 170 cm³/mol. The van der Waals surface area contributed by atoms with E-state index in [1.807, 2.05) is 44.2 Å². The lowest BCUT2D eigenvalue weighted by Gasteiger charge is -2.20.